The minimum absolute atomic E-state index is 0.237. The van der Waals surface area contributed by atoms with Crippen LogP contribution in [0.1, 0.15) is 0 Å². The van der Waals surface area contributed by atoms with Crippen molar-refractivity contribution in [1.29, 1.82) is 0 Å². The zero-order valence-corrected chi connectivity index (χ0v) is 13.0. The molecule has 122 valence electrons. The number of amides is 2. The molecule has 0 atom stereocenters. The molecule has 2 aromatic heterocycles. The molecule has 0 unspecified atom stereocenters. The highest BCUT2D eigenvalue weighted by Crippen LogP contribution is 2.08. The van der Waals surface area contributed by atoms with E-state index >= 15 is 0 Å². The smallest absolute Gasteiger partial charge is 0.319 e. The highest BCUT2D eigenvalue weighted by molar-refractivity contribution is 5.89. The van der Waals surface area contributed by atoms with Crippen LogP contribution in [0.4, 0.5) is 16.3 Å². The van der Waals surface area contributed by atoms with Gasteiger partial charge in [0.1, 0.15) is 18.0 Å². The fraction of sp³-hybridized carbons (Fsp3) is 0.118. The lowest BCUT2D eigenvalue weighted by atomic mass is 10.3. The van der Waals surface area contributed by atoms with Crippen molar-refractivity contribution in [3.05, 3.63) is 67.3 Å². The summed E-state index contributed by atoms with van der Waals surface area (Å²) in [6.45, 7) is 1.03. The van der Waals surface area contributed by atoms with E-state index in [1.807, 2.05) is 65.5 Å². The fourth-order valence-electron chi connectivity index (χ4n) is 2.14. The summed E-state index contributed by atoms with van der Waals surface area (Å²) in [6.07, 6.45) is 5.34. The monoisotopic (exact) mass is 322 g/mol. The second-order valence-electron chi connectivity index (χ2n) is 5.03. The number of carbonyl (C=O) groups excluding carboxylic acids is 1. The van der Waals surface area contributed by atoms with Gasteiger partial charge >= 0.3 is 6.03 Å². The van der Waals surface area contributed by atoms with Gasteiger partial charge in [-0.15, -0.1) is 0 Å². The van der Waals surface area contributed by atoms with Crippen molar-refractivity contribution in [2.24, 2.45) is 0 Å². The van der Waals surface area contributed by atoms with Gasteiger partial charge in [-0.05, 0) is 24.3 Å². The molecule has 3 rings (SSSR count). The molecule has 0 bridgehead atoms. The van der Waals surface area contributed by atoms with E-state index in [-0.39, 0.29) is 6.03 Å². The van der Waals surface area contributed by atoms with Gasteiger partial charge in [0.2, 0.25) is 0 Å². The Morgan fingerprint density at radius 1 is 1.00 bits per heavy atom. The molecule has 3 aromatic rings. The molecule has 0 aliphatic rings. The Labute approximate surface area is 139 Å². The maximum absolute atomic E-state index is 11.8. The number of aromatic nitrogens is 3. The lowest BCUT2D eigenvalue weighted by Gasteiger charge is -2.09. The van der Waals surface area contributed by atoms with Crippen molar-refractivity contribution in [2.45, 2.75) is 0 Å². The predicted octanol–water partition coefficient (Wildman–Crippen LogP) is 2.50. The molecule has 0 fully saturated rings. The first kappa shape index (κ1) is 15.5. The number of rotatable bonds is 6. The van der Waals surface area contributed by atoms with Gasteiger partial charge in [0, 0.05) is 37.2 Å². The molecule has 0 aliphatic carbocycles. The summed E-state index contributed by atoms with van der Waals surface area (Å²) in [7, 11) is 0. The molecule has 2 heterocycles. The van der Waals surface area contributed by atoms with Crippen LogP contribution in [0.2, 0.25) is 0 Å². The number of benzene rings is 1. The minimum Gasteiger partial charge on any atom is -0.368 e. The SMILES string of the molecule is O=C(NCCNc1cc(-n2cccc2)ncn1)Nc1ccccc1. The van der Waals surface area contributed by atoms with Crippen molar-refractivity contribution in [3.8, 4) is 5.82 Å². The van der Waals surface area contributed by atoms with Crippen molar-refractivity contribution < 1.29 is 4.79 Å². The lowest BCUT2D eigenvalue weighted by molar-refractivity contribution is 0.252. The highest BCUT2D eigenvalue weighted by Gasteiger charge is 2.02. The number of anilines is 2. The van der Waals surface area contributed by atoms with Gasteiger partial charge in [0.05, 0.1) is 0 Å². The number of carbonyl (C=O) groups is 1. The third kappa shape index (κ3) is 4.33. The molecule has 2 amide bonds. The zero-order valence-electron chi connectivity index (χ0n) is 13.0. The van der Waals surface area contributed by atoms with Gasteiger partial charge in [-0.2, -0.15) is 0 Å². The molecule has 7 nitrogen and oxygen atoms in total. The first-order chi connectivity index (χ1) is 11.8. The molecule has 0 radical (unpaired) electrons. The molecule has 3 N–H and O–H groups in total. The first-order valence-corrected chi connectivity index (χ1v) is 7.60. The highest BCUT2D eigenvalue weighted by atomic mass is 16.2. The van der Waals surface area contributed by atoms with Gasteiger partial charge in [0.15, 0.2) is 0 Å². The van der Waals surface area contributed by atoms with Crippen molar-refractivity contribution in [3.63, 3.8) is 0 Å². The van der Waals surface area contributed by atoms with Crippen LogP contribution in [-0.2, 0) is 0 Å². The number of nitrogens with one attached hydrogen (secondary N) is 3. The van der Waals surface area contributed by atoms with Gasteiger partial charge in [-0.3, -0.25) is 0 Å². The van der Waals surface area contributed by atoms with Crippen molar-refractivity contribution in [2.75, 3.05) is 23.7 Å². The van der Waals surface area contributed by atoms with Crippen LogP contribution in [0, 0.1) is 0 Å². The summed E-state index contributed by atoms with van der Waals surface area (Å²) in [5, 5.41) is 8.70. The largest absolute Gasteiger partial charge is 0.368 e. The number of hydrogen-bond donors (Lipinski definition) is 3. The van der Waals surface area contributed by atoms with E-state index in [1.165, 1.54) is 6.33 Å². The summed E-state index contributed by atoms with van der Waals surface area (Å²) in [5.41, 5.74) is 0.759. The van der Waals surface area contributed by atoms with Crippen LogP contribution in [0.15, 0.2) is 67.3 Å². The van der Waals surface area contributed by atoms with Crippen molar-refractivity contribution in [1.82, 2.24) is 19.9 Å². The summed E-state index contributed by atoms with van der Waals surface area (Å²) in [4.78, 5) is 20.1. The standard InChI is InChI=1S/C17H18N6O/c24-17(22-14-6-2-1-3-7-14)19-9-8-18-15-12-16(21-13-20-15)23-10-4-5-11-23/h1-7,10-13H,8-9H2,(H,18,20,21)(H2,19,22,24). The van der Waals surface area contributed by atoms with E-state index in [2.05, 4.69) is 25.9 Å². The van der Waals surface area contributed by atoms with Crippen LogP contribution in [0.5, 0.6) is 0 Å². The van der Waals surface area contributed by atoms with Crippen LogP contribution in [-0.4, -0.2) is 33.7 Å². The van der Waals surface area contributed by atoms with E-state index < -0.39 is 0 Å². The van der Waals surface area contributed by atoms with Crippen LogP contribution < -0.4 is 16.0 Å². The van der Waals surface area contributed by atoms with Crippen molar-refractivity contribution >= 4 is 17.5 Å². The van der Waals surface area contributed by atoms with Crippen LogP contribution in [0.3, 0.4) is 0 Å². The Morgan fingerprint density at radius 3 is 2.58 bits per heavy atom. The van der Waals surface area contributed by atoms with E-state index in [0.717, 1.165) is 11.5 Å². The number of para-hydroxylation sites is 1. The Balaban J connectivity index is 1.43. The fourth-order valence-corrected chi connectivity index (χ4v) is 2.14. The van der Waals surface area contributed by atoms with E-state index in [1.54, 1.807) is 0 Å². The van der Waals surface area contributed by atoms with Gasteiger partial charge in [0.25, 0.3) is 0 Å². The van der Waals surface area contributed by atoms with Gasteiger partial charge in [-0.1, -0.05) is 18.2 Å². The summed E-state index contributed by atoms with van der Waals surface area (Å²) >= 11 is 0. The average Bonchev–Trinajstić information content (AvgIpc) is 3.15. The summed E-state index contributed by atoms with van der Waals surface area (Å²) < 4.78 is 1.90. The van der Waals surface area contributed by atoms with Crippen LogP contribution >= 0.6 is 0 Å². The second kappa shape index (κ2) is 7.77. The molecule has 0 saturated carbocycles. The third-order valence-electron chi connectivity index (χ3n) is 3.27. The Morgan fingerprint density at radius 2 is 1.79 bits per heavy atom. The molecule has 7 heteroatoms. The van der Waals surface area contributed by atoms with E-state index in [0.29, 0.717) is 18.9 Å². The van der Waals surface area contributed by atoms with Gasteiger partial charge in [-0.25, -0.2) is 14.8 Å². The Kier molecular flexibility index (Phi) is 5.03. The average molecular weight is 322 g/mol. The normalized spacial score (nSPS) is 10.2. The lowest BCUT2D eigenvalue weighted by Crippen LogP contribution is -2.32. The van der Waals surface area contributed by atoms with E-state index in [9.17, 15) is 4.79 Å². The molecule has 0 spiro atoms. The first-order valence-electron chi connectivity index (χ1n) is 7.60. The maximum Gasteiger partial charge on any atom is 0.319 e. The molecule has 24 heavy (non-hydrogen) atoms. The maximum atomic E-state index is 11.8. The summed E-state index contributed by atoms with van der Waals surface area (Å²) in [5.74, 6) is 1.49. The molecular formula is C17H18N6O. The molecule has 0 saturated heterocycles. The Hall–Kier alpha value is -3.35. The van der Waals surface area contributed by atoms with E-state index in [4.69, 9.17) is 0 Å². The number of hydrogen-bond acceptors (Lipinski definition) is 4. The number of nitrogens with zero attached hydrogens (tertiary/aromatic N) is 3. The summed E-state index contributed by atoms with van der Waals surface area (Å²) in [6, 6.07) is 14.8. The predicted molar refractivity (Wildman–Crippen MR) is 93.3 cm³/mol. The number of urea groups is 1. The zero-order chi connectivity index (χ0) is 16.6. The third-order valence-corrected chi connectivity index (χ3v) is 3.27. The minimum atomic E-state index is -0.237. The topological polar surface area (TPSA) is 83.9 Å². The van der Waals surface area contributed by atoms with Gasteiger partial charge < -0.3 is 20.5 Å². The molecular weight excluding hydrogens is 304 g/mol. The molecule has 1 aromatic carbocycles. The second-order valence-corrected chi connectivity index (χ2v) is 5.03. The quantitative estimate of drug-likeness (QED) is 0.609. The Bertz CT molecular complexity index is 773. The van der Waals surface area contributed by atoms with Crippen LogP contribution in [0.25, 0.3) is 5.82 Å². The molecule has 0 aliphatic heterocycles.